The number of rotatable bonds is 5. The van der Waals surface area contributed by atoms with E-state index >= 15 is 0 Å². The first-order valence-electron chi connectivity index (χ1n) is 8.89. The third-order valence-electron chi connectivity index (χ3n) is 4.63. The van der Waals surface area contributed by atoms with Crippen LogP contribution in [0.15, 0.2) is 65.7 Å². The number of benzene rings is 2. The summed E-state index contributed by atoms with van der Waals surface area (Å²) in [6, 6.07) is 17.1. The Kier molecular flexibility index (Phi) is 5.07. The molecular weight excluding hydrogens is 362 g/mol. The highest BCUT2D eigenvalue weighted by molar-refractivity contribution is 7.89. The van der Waals surface area contributed by atoms with Gasteiger partial charge in [0.05, 0.1) is 18.1 Å². The second-order valence-corrected chi connectivity index (χ2v) is 8.31. The smallest absolute Gasteiger partial charge is 0.243 e. The highest BCUT2D eigenvalue weighted by Gasteiger charge is 2.27. The highest BCUT2D eigenvalue weighted by Crippen LogP contribution is 2.27. The Labute approximate surface area is 158 Å². The molecule has 0 atom stereocenters. The van der Waals surface area contributed by atoms with Gasteiger partial charge in [-0.25, -0.2) is 13.4 Å². The molecule has 0 amide bonds. The van der Waals surface area contributed by atoms with Crippen molar-refractivity contribution < 1.29 is 13.2 Å². The number of anilines is 1. The van der Waals surface area contributed by atoms with Gasteiger partial charge in [-0.1, -0.05) is 42.5 Å². The van der Waals surface area contributed by atoms with Crippen LogP contribution in [0.25, 0.3) is 10.8 Å². The van der Waals surface area contributed by atoms with Crippen LogP contribution in [0.4, 0.5) is 5.82 Å². The third kappa shape index (κ3) is 3.80. The Balaban J connectivity index is 1.67. The number of morpholine rings is 1. The molecule has 4 rings (SSSR count). The van der Waals surface area contributed by atoms with E-state index in [0.717, 1.165) is 10.9 Å². The molecular formula is C20H21N3O3S. The Bertz CT molecular complexity index is 1030. The van der Waals surface area contributed by atoms with Crippen LogP contribution in [0.1, 0.15) is 5.56 Å². The fourth-order valence-corrected chi connectivity index (χ4v) is 4.79. The van der Waals surface area contributed by atoms with Gasteiger partial charge in [-0.15, -0.1) is 0 Å². The molecule has 1 fully saturated rings. The first kappa shape index (κ1) is 17.9. The van der Waals surface area contributed by atoms with E-state index in [4.69, 9.17) is 4.74 Å². The minimum atomic E-state index is -3.57. The van der Waals surface area contributed by atoms with Crippen molar-refractivity contribution in [3.63, 3.8) is 0 Å². The number of hydrogen-bond acceptors (Lipinski definition) is 5. The number of ether oxygens (including phenoxy) is 1. The van der Waals surface area contributed by atoms with Gasteiger partial charge in [-0.05, 0) is 17.7 Å². The zero-order valence-electron chi connectivity index (χ0n) is 14.8. The van der Waals surface area contributed by atoms with Crippen molar-refractivity contribution in [3.8, 4) is 0 Å². The Hall–Kier alpha value is -2.48. The zero-order valence-corrected chi connectivity index (χ0v) is 15.7. The maximum absolute atomic E-state index is 13.1. The van der Waals surface area contributed by atoms with Gasteiger partial charge in [0, 0.05) is 36.6 Å². The van der Waals surface area contributed by atoms with Crippen molar-refractivity contribution >= 4 is 26.6 Å². The summed E-state index contributed by atoms with van der Waals surface area (Å²) in [7, 11) is -3.57. The third-order valence-corrected chi connectivity index (χ3v) is 6.58. The number of nitrogens with zero attached hydrogens (tertiary/aromatic N) is 2. The fourth-order valence-electron chi connectivity index (χ4n) is 3.18. The van der Waals surface area contributed by atoms with Crippen molar-refractivity contribution in [2.45, 2.75) is 11.4 Å². The van der Waals surface area contributed by atoms with Gasteiger partial charge in [0.25, 0.3) is 0 Å². The maximum atomic E-state index is 13.1. The quantitative estimate of drug-likeness (QED) is 0.734. The van der Waals surface area contributed by atoms with Gasteiger partial charge in [-0.2, -0.15) is 4.31 Å². The molecule has 2 aromatic carbocycles. The molecule has 0 aliphatic carbocycles. The molecule has 1 saturated heterocycles. The summed E-state index contributed by atoms with van der Waals surface area (Å²) in [5, 5.41) is 4.75. The molecule has 0 bridgehead atoms. The first-order chi connectivity index (χ1) is 13.1. The summed E-state index contributed by atoms with van der Waals surface area (Å²) < 4.78 is 33.0. The summed E-state index contributed by atoms with van der Waals surface area (Å²) in [6.07, 6.45) is 1.71. The topological polar surface area (TPSA) is 71.5 Å². The van der Waals surface area contributed by atoms with E-state index in [9.17, 15) is 8.42 Å². The summed E-state index contributed by atoms with van der Waals surface area (Å²) >= 11 is 0. The van der Waals surface area contributed by atoms with E-state index in [-0.39, 0.29) is 0 Å². The van der Waals surface area contributed by atoms with Crippen molar-refractivity contribution in [3.05, 3.63) is 66.4 Å². The van der Waals surface area contributed by atoms with E-state index in [1.165, 1.54) is 4.31 Å². The van der Waals surface area contributed by atoms with E-state index in [0.29, 0.717) is 48.9 Å². The average molecular weight is 383 g/mol. The average Bonchev–Trinajstić information content (AvgIpc) is 2.73. The van der Waals surface area contributed by atoms with Crippen LogP contribution in [0.3, 0.4) is 0 Å². The van der Waals surface area contributed by atoms with Crippen LogP contribution in [0.2, 0.25) is 0 Å². The van der Waals surface area contributed by atoms with Crippen molar-refractivity contribution in [1.29, 1.82) is 0 Å². The van der Waals surface area contributed by atoms with Crippen molar-refractivity contribution in [1.82, 2.24) is 9.29 Å². The minimum Gasteiger partial charge on any atom is -0.379 e. The minimum absolute atomic E-state index is 0.312. The van der Waals surface area contributed by atoms with Gasteiger partial charge >= 0.3 is 0 Å². The zero-order chi connectivity index (χ0) is 18.7. The van der Waals surface area contributed by atoms with Crippen LogP contribution in [-0.4, -0.2) is 44.0 Å². The van der Waals surface area contributed by atoms with Gasteiger partial charge in [0.15, 0.2) is 0 Å². The summed E-state index contributed by atoms with van der Waals surface area (Å²) in [5.74, 6) is 0.649. The molecule has 0 unspecified atom stereocenters. The molecule has 7 heteroatoms. The lowest BCUT2D eigenvalue weighted by atomic mass is 10.2. The largest absolute Gasteiger partial charge is 0.379 e. The number of sulfonamides is 1. The number of nitrogens with one attached hydrogen (secondary N) is 1. The number of pyridine rings is 1. The van der Waals surface area contributed by atoms with Crippen LogP contribution in [-0.2, 0) is 21.3 Å². The molecule has 0 saturated carbocycles. The predicted molar refractivity (Wildman–Crippen MR) is 105 cm³/mol. The van der Waals surface area contributed by atoms with E-state index in [2.05, 4.69) is 10.3 Å². The fraction of sp³-hybridized carbons (Fsp3) is 0.250. The number of hydrogen-bond donors (Lipinski definition) is 1. The SMILES string of the molecule is O=S(=O)(c1cccc2cnc(NCc3ccccc3)cc12)N1CCOCC1. The summed E-state index contributed by atoms with van der Waals surface area (Å²) in [6.45, 7) is 2.23. The summed E-state index contributed by atoms with van der Waals surface area (Å²) in [4.78, 5) is 4.73. The monoisotopic (exact) mass is 383 g/mol. The molecule has 0 spiro atoms. The standard InChI is InChI=1S/C20H21N3O3S/c24-27(25,23-9-11-26-12-10-23)19-8-4-7-17-15-22-20(13-18(17)19)21-14-16-5-2-1-3-6-16/h1-8,13,15H,9-12,14H2,(H,21,22). The number of fused-ring (bicyclic) bond motifs is 1. The second-order valence-electron chi connectivity index (χ2n) is 6.40. The first-order valence-corrected chi connectivity index (χ1v) is 10.3. The molecule has 1 aromatic heterocycles. The number of aromatic nitrogens is 1. The molecule has 1 aliphatic rings. The van der Waals surface area contributed by atoms with Crippen LogP contribution in [0, 0.1) is 0 Å². The van der Waals surface area contributed by atoms with Crippen molar-refractivity contribution in [2.75, 3.05) is 31.6 Å². The van der Waals surface area contributed by atoms with Gasteiger partial charge in [0.1, 0.15) is 5.82 Å². The van der Waals surface area contributed by atoms with Crippen LogP contribution < -0.4 is 5.32 Å². The van der Waals surface area contributed by atoms with E-state index in [1.807, 2.05) is 42.5 Å². The lowest BCUT2D eigenvalue weighted by molar-refractivity contribution is 0.0730. The Morgan fingerprint density at radius 3 is 2.59 bits per heavy atom. The second kappa shape index (κ2) is 7.64. The van der Waals surface area contributed by atoms with E-state index in [1.54, 1.807) is 18.3 Å². The molecule has 6 nitrogen and oxygen atoms in total. The van der Waals surface area contributed by atoms with Gasteiger partial charge in [-0.3, -0.25) is 0 Å². The van der Waals surface area contributed by atoms with E-state index < -0.39 is 10.0 Å². The van der Waals surface area contributed by atoms with Gasteiger partial charge in [0.2, 0.25) is 10.0 Å². The lowest BCUT2D eigenvalue weighted by Gasteiger charge is -2.26. The lowest BCUT2D eigenvalue weighted by Crippen LogP contribution is -2.40. The summed E-state index contributed by atoms with van der Waals surface area (Å²) in [5.41, 5.74) is 1.13. The molecule has 2 heterocycles. The van der Waals surface area contributed by atoms with Crippen LogP contribution in [0.5, 0.6) is 0 Å². The molecule has 1 aliphatic heterocycles. The van der Waals surface area contributed by atoms with Crippen LogP contribution >= 0.6 is 0 Å². The molecule has 3 aromatic rings. The Morgan fingerprint density at radius 1 is 1.04 bits per heavy atom. The van der Waals surface area contributed by atoms with Crippen molar-refractivity contribution in [2.24, 2.45) is 0 Å². The molecule has 0 radical (unpaired) electrons. The predicted octanol–water partition coefficient (Wildman–Crippen LogP) is 2.87. The highest BCUT2D eigenvalue weighted by atomic mass is 32.2. The molecule has 1 N–H and O–H groups in total. The normalized spacial score (nSPS) is 15.7. The maximum Gasteiger partial charge on any atom is 0.243 e. The van der Waals surface area contributed by atoms with Gasteiger partial charge < -0.3 is 10.1 Å². The molecule has 27 heavy (non-hydrogen) atoms. The Morgan fingerprint density at radius 2 is 1.81 bits per heavy atom. The molecule has 140 valence electrons.